The Bertz CT molecular complexity index is 559. The van der Waals surface area contributed by atoms with Gasteiger partial charge >= 0.3 is 6.03 Å². The van der Waals surface area contributed by atoms with Crippen LogP contribution in [0.2, 0.25) is 0 Å². The topological polar surface area (TPSA) is 156 Å². The van der Waals surface area contributed by atoms with Crippen molar-refractivity contribution in [3.8, 4) is 0 Å². The van der Waals surface area contributed by atoms with E-state index in [1.54, 1.807) is 0 Å². The lowest BCUT2D eigenvalue weighted by Gasteiger charge is -2.35. The fourth-order valence-electron chi connectivity index (χ4n) is 3.22. The van der Waals surface area contributed by atoms with Crippen LogP contribution in [0.5, 0.6) is 0 Å². The Balaban J connectivity index is 2.04. The summed E-state index contributed by atoms with van der Waals surface area (Å²) in [5, 5.41) is 0. The fourth-order valence-corrected chi connectivity index (χ4v) is 3.92. The van der Waals surface area contributed by atoms with Gasteiger partial charge in [-0.05, 0) is 31.2 Å². The average molecular weight is 358 g/mol. The molecule has 2 aliphatic heterocycles. The van der Waals surface area contributed by atoms with E-state index in [0.29, 0.717) is 32.4 Å². The molecule has 2 rings (SSSR count). The monoisotopic (exact) mass is 358 g/mol. The molecule has 11 heteroatoms. The Hall–Kier alpha value is -2.01. The highest BCUT2D eigenvalue weighted by molar-refractivity contribution is 7.97. The minimum Gasteiger partial charge on any atom is -0.370 e. The molecule has 1 spiro atoms. The van der Waals surface area contributed by atoms with Gasteiger partial charge in [-0.25, -0.2) is 15.1 Å². The highest BCUT2D eigenvalue weighted by Crippen LogP contribution is 2.39. The average Bonchev–Trinajstić information content (AvgIpc) is 3.05. The van der Waals surface area contributed by atoms with Crippen molar-refractivity contribution in [2.24, 2.45) is 17.3 Å². The summed E-state index contributed by atoms with van der Waals surface area (Å²) < 4.78 is 0.931. The predicted molar refractivity (Wildman–Crippen MR) is 86.8 cm³/mol. The van der Waals surface area contributed by atoms with Crippen LogP contribution in [-0.2, 0) is 14.4 Å². The summed E-state index contributed by atoms with van der Waals surface area (Å²) in [7, 11) is 0. The summed E-state index contributed by atoms with van der Waals surface area (Å²) in [4.78, 5) is 50.0. The molecule has 1 unspecified atom stereocenters. The van der Waals surface area contributed by atoms with E-state index in [0.717, 1.165) is 16.4 Å². The van der Waals surface area contributed by atoms with E-state index in [9.17, 15) is 19.2 Å². The Morgan fingerprint density at radius 3 is 2.50 bits per heavy atom. The number of hydrogen-bond donors (Lipinski definition) is 3. The number of amides is 5. The van der Waals surface area contributed by atoms with Gasteiger partial charge in [0.2, 0.25) is 17.7 Å². The van der Waals surface area contributed by atoms with Crippen molar-refractivity contribution in [3.05, 3.63) is 0 Å². The molecule has 2 saturated heterocycles. The first-order valence-electron chi connectivity index (χ1n) is 7.63. The molecule has 6 N–H and O–H groups in total. The molecule has 24 heavy (non-hydrogen) atoms. The summed E-state index contributed by atoms with van der Waals surface area (Å²) >= 11 is 0.975. The minimum atomic E-state index is -0.950. The third-order valence-corrected chi connectivity index (χ3v) is 5.14. The molecule has 2 heterocycles. The number of urea groups is 1. The summed E-state index contributed by atoms with van der Waals surface area (Å²) in [6.45, 7) is 0.645. The second kappa shape index (κ2) is 7.26. The zero-order valence-corrected chi connectivity index (χ0v) is 14.1. The summed E-state index contributed by atoms with van der Waals surface area (Å²) in [6.07, 6.45) is 1.76. The van der Waals surface area contributed by atoms with Crippen molar-refractivity contribution in [3.63, 3.8) is 0 Å². The van der Waals surface area contributed by atoms with Gasteiger partial charge in [-0.1, -0.05) is 0 Å². The summed E-state index contributed by atoms with van der Waals surface area (Å²) in [5.41, 5.74) is 9.26. The molecule has 2 aliphatic rings. The van der Waals surface area contributed by atoms with Gasteiger partial charge in [0.25, 0.3) is 0 Å². The molecule has 0 radical (unpaired) electrons. The van der Waals surface area contributed by atoms with Gasteiger partial charge in [-0.15, -0.1) is 0 Å². The summed E-state index contributed by atoms with van der Waals surface area (Å²) in [6, 6.07) is -0.490. The highest BCUT2D eigenvalue weighted by atomic mass is 32.2. The van der Waals surface area contributed by atoms with Crippen LogP contribution in [0.1, 0.15) is 25.7 Å². The zero-order valence-electron chi connectivity index (χ0n) is 13.3. The molecule has 0 aromatic carbocycles. The van der Waals surface area contributed by atoms with Gasteiger partial charge in [0.05, 0.1) is 6.54 Å². The van der Waals surface area contributed by atoms with E-state index in [1.165, 1.54) is 9.80 Å². The van der Waals surface area contributed by atoms with Crippen LogP contribution in [0.4, 0.5) is 4.79 Å². The molecule has 0 aromatic rings. The molecule has 0 aromatic heterocycles. The first-order valence-corrected chi connectivity index (χ1v) is 8.57. The highest BCUT2D eigenvalue weighted by Gasteiger charge is 2.55. The smallest absolute Gasteiger partial charge is 0.345 e. The number of rotatable bonds is 6. The van der Waals surface area contributed by atoms with Crippen molar-refractivity contribution < 1.29 is 19.2 Å². The van der Waals surface area contributed by atoms with Crippen LogP contribution < -0.4 is 17.3 Å². The number of carbonyl (C=O) groups excluding carboxylic acids is 4. The Labute approximate surface area is 143 Å². The van der Waals surface area contributed by atoms with Gasteiger partial charge in [0.15, 0.2) is 0 Å². The molecule has 1 atom stereocenters. The quantitative estimate of drug-likeness (QED) is 0.224. The van der Waals surface area contributed by atoms with Gasteiger partial charge < -0.3 is 21.3 Å². The second-order valence-corrected chi connectivity index (χ2v) is 6.95. The van der Waals surface area contributed by atoms with Gasteiger partial charge in [-0.2, -0.15) is 0 Å². The Morgan fingerprint density at radius 2 is 1.88 bits per heavy atom. The largest absolute Gasteiger partial charge is 0.370 e. The molecule has 10 nitrogen and oxygen atoms in total. The van der Waals surface area contributed by atoms with E-state index in [4.69, 9.17) is 17.3 Å². The van der Waals surface area contributed by atoms with Gasteiger partial charge in [0.1, 0.15) is 5.54 Å². The third kappa shape index (κ3) is 3.56. The lowest BCUT2D eigenvalue weighted by Crippen LogP contribution is -2.56. The van der Waals surface area contributed by atoms with E-state index in [-0.39, 0.29) is 24.6 Å². The normalized spacial score (nSPS) is 23.1. The van der Waals surface area contributed by atoms with Gasteiger partial charge in [-0.3, -0.25) is 14.4 Å². The van der Waals surface area contributed by atoms with Crippen LogP contribution in [0.25, 0.3) is 0 Å². The fraction of sp³-hybridized carbons (Fsp3) is 0.692. The Kier molecular flexibility index (Phi) is 5.54. The number of nitrogens with two attached hydrogens (primary N) is 3. The van der Waals surface area contributed by atoms with Crippen LogP contribution in [0.15, 0.2) is 0 Å². The van der Waals surface area contributed by atoms with Crippen molar-refractivity contribution in [2.45, 2.75) is 31.2 Å². The van der Waals surface area contributed by atoms with Crippen LogP contribution in [-0.4, -0.2) is 68.9 Å². The first kappa shape index (κ1) is 18.3. The van der Waals surface area contributed by atoms with Crippen molar-refractivity contribution in [1.82, 2.24) is 14.2 Å². The molecular formula is C13H22N6O4S. The van der Waals surface area contributed by atoms with Gasteiger partial charge in [0, 0.05) is 25.3 Å². The number of primary amides is 2. The number of hydrogen-bond acceptors (Lipinski definition) is 6. The maximum absolute atomic E-state index is 12.7. The summed E-state index contributed by atoms with van der Waals surface area (Å²) in [5.74, 6) is 4.70. The maximum atomic E-state index is 12.7. The molecule has 2 fully saturated rings. The standard InChI is InChI=1S/C13H22N6O4S/c14-9(20)2-7-24-19(16)12(23)18-5-1-3-13(18)4-6-17(11(13)22)8-10(15)21/h1-8,16H2,(H2,14,20)(H2,15,21). The predicted octanol–water partition coefficient (Wildman–Crippen LogP) is -1.64. The number of nitrogens with zero attached hydrogens (tertiary/aromatic N) is 3. The van der Waals surface area contributed by atoms with Crippen LogP contribution >= 0.6 is 11.9 Å². The number of carbonyl (C=O) groups is 4. The lowest BCUT2D eigenvalue weighted by molar-refractivity contribution is -0.138. The maximum Gasteiger partial charge on any atom is 0.345 e. The Morgan fingerprint density at radius 1 is 1.17 bits per heavy atom. The van der Waals surface area contributed by atoms with Crippen molar-refractivity contribution in [1.29, 1.82) is 0 Å². The third-order valence-electron chi connectivity index (χ3n) is 4.31. The molecule has 134 valence electrons. The van der Waals surface area contributed by atoms with E-state index < -0.39 is 23.4 Å². The van der Waals surface area contributed by atoms with Crippen molar-refractivity contribution >= 4 is 35.7 Å². The van der Waals surface area contributed by atoms with Crippen LogP contribution in [0, 0.1) is 0 Å². The van der Waals surface area contributed by atoms with E-state index in [1.807, 2.05) is 0 Å². The molecule has 0 aliphatic carbocycles. The molecule has 5 amide bonds. The lowest BCUT2D eigenvalue weighted by atomic mass is 9.94. The number of hydrazine groups is 1. The minimum absolute atomic E-state index is 0.0993. The zero-order chi connectivity index (χ0) is 17.9. The molecule has 0 saturated carbocycles. The van der Waals surface area contributed by atoms with E-state index in [2.05, 4.69) is 0 Å². The van der Waals surface area contributed by atoms with Crippen molar-refractivity contribution in [2.75, 3.05) is 25.4 Å². The molecule has 0 bridgehead atoms. The second-order valence-electron chi connectivity index (χ2n) is 5.89. The van der Waals surface area contributed by atoms with Crippen LogP contribution in [0.3, 0.4) is 0 Å². The SMILES string of the molecule is NC(=O)CCSN(N)C(=O)N1CCCC12CCN(CC(N)=O)C2=O. The molecular weight excluding hydrogens is 336 g/mol. The first-order chi connectivity index (χ1) is 11.3. The van der Waals surface area contributed by atoms with E-state index >= 15 is 0 Å². The number of likely N-dealkylation sites (tertiary alicyclic amines) is 2.